The Morgan fingerprint density at radius 1 is 0.667 bits per heavy atom. The lowest BCUT2D eigenvalue weighted by atomic mass is 9.95. The minimum absolute atomic E-state index is 0.106. The predicted octanol–water partition coefficient (Wildman–Crippen LogP) is 5.42. The van der Waals surface area contributed by atoms with Crippen molar-refractivity contribution < 1.29 is 5.11 Å². The molecule has 1 heterocycles. The van der Waals surface area contributed by atoms with Crippen LogP contribution in [0.5, 0.6) is 5.75 Å². The number of benzene rings is 3. The van der Waals surface area contributed by atoms with Crippen molar-refractivity contribution in [3.63, 3.8) is 0 Å². The molecule has 3 N–H and O–H groups in total. The zero-order chi connectivity index (χ0) is 23.0. The summed E-state index contributed by atoms with van der Waals surface area (Å²) in [4.78, 5) is 4.63. The Morgan fingerprint density at radius 2 is 1.12 bits per heavy atom. The molecule has 0 aliphatic rings. The molecule has 6 heteroatoms. The van der Waals surface area contributed by atoms with Gasteiger partial charge in [-0.15, -0.1) is 0 Å². The van der Waals surface area contributed by atoms with Gasteiger partial charge in [0, 0.05) is 18.7 Å². The normalized spacial score (nSPS) is 10.1. The van der Waals surface area contributed by atoms with Gasteiger partial charge in [-0.1, -0.05) is 72.8 Å². The minimum atomic E-state index is 0.106. The van der Waals surface area contributed by atoms with Gasteiger partial charge in [0.25, 0.3) is 0 Å². The molecule has 0 saturated heterocycles. The minimum Gasteiger partial charge on any atom is -0.508 e. The lowest BCUT2D eigenvalue weighted by molar-refractivity contribution is 0.475. The second kappa shape index (κ2) is 10.00. The molecule has 160 valence electrons. The molecule has 0 unspecified atom stereocenters. The van der Waals surface area contributed by atoms with Crippen molar-refractivity contribution in [3.05, 3.63) is 107 Å². The summed E-state index contributed by atoms with van der Waals surface area (Å²) in [6, 6.07) is 30.5. The van der Waals surface area contributed by atoms with Crippen molar-refractivity contribution in [1.29, 1.82) is 10.5 Å². The maximum Gasteiger partial charge on any atom is 0.147 e. The van der Waals surface area contributed by atoms with Crippen LogP contribution in [0.1, 0.15) is 22.3 Å². The van der Waals surface area contributed by atoms with Gasteiger partial charge in [0.2, 0.25) is 0 Å². The van der Waals surface area contributed by atoms with Crippen LogP contribution in [0.4, 0.5) is 11.6 Å². The lowest BCUT2D eigenvalue weighted by Gasteiger charge is -2.17. The summed E-state index contributed by atoms with van der Waals surface area (Å²) in [6.07, 6.45) is 0. The fourth-order valence-electron chi connectivity index (χ4n) is 3.54. The Kier molecular flexibility index (Phi) is 6.49. The number of pyridine rings is 1. The van der Waals surface area contributed by atoms with E-state index in [4.69, 9.17) is 0 Å². The molecular weight excluding hydrogens is 410 g/mol. The Balaban J connectivity index is 1.80. The molecule has 3 aromatic carbocycles. The van der Waals surface area contributed by atoms with Gasteiger partial charge in [-0.05, 0) is 28.8 Å². The first-order valence-electron chi connectivity index (χ1n) is 10.4. The number of aromatic nitrogens is 1. The molecule has 0 spiro atoms. The maximum atomic E-state index is 10.0. The summed E-state index contributed by atoms with van der Waals surface area (Å²) in [5.41, 5.74) is 3.75. The van der Waals surface area contributed by atoms with Gasteiger partial charge in [-0.25, -0.2) is 4.98 Å². The van der Waals surface area contributed by atoms with Crippen molar-refractivity contribution >= 4 is 11.6 Å². The maximum absolute atomic E-state index is 10.0. The van der Waals surface area contributed by atoms with Crippen LogP contribution < -0.4 is 10.6 Å². The summed E-state index contributed by atoms with van der Waals surface area (Å²) in [5.74, 6) is 0.882. The zero-order valence-electron chi connectivity index (χ0n) is 17.8. The second-order valence-corrected chi connectivity index (χ2v) is 7.38. The average molecular weight is 431 g/mol. The smallest absolute Gasteiger partial charge is 0.147 e. The van der Waals surface area contributed by atoms with E-state index in [-0.39, 0.29) is 16.9 Å². The SMILES string of the molecule is N#Cc1c(NCc2ccccc2)nc(NCc2ccccc2)c(C#N)c1-c1ccc(O)cc1. The highest BCUT2D eigenvalue weighted by atomic mass is 16.3. The van der Waals surface area contributed by atoms with Crippen molar-refractivity contribution in [1.82, 2.24) is 4.98 Å². The number of phenols is 1. The van der Waals surface area contributed by atoms with E-state index >= 15 is 0 Å². The number of hydrogen-bond acceptors (Lipinski definition) is 6. The standard InChI is InChI=1S/C27H21N5O/c28-15-23-25(21-11-13-22(33)14-12-21)24(16-29)27(31-18-20-9-5-2-6-10-20)32-26(23)30-17-19-7-3-1-4-8-19/h1-14,33H,17-18H2,(H2,30,31,32). The highest BCUT2D eigenvalue weighted by Gasteiger charge is 2.21. The highest BCUT2D eigenvalue weighted by Crippen LogP contribution is 2.36. The highest BCUT2D eigenvalue weighted by molar-refractivity contribution is 5.85. The molecule has 0 fully saturated rings. The Morgan fingerprint density at radius 3 is 1.55 bits per heavy atom. The molecule has 4 aromatic rings. The van der Waals surface area contributed by atoms with Crippen molar-refractivity contribution in [3.8, 4) is 29.0 Å². The van der Waals surface area contributed by atoms with E-state index < -0.39 is 0 Å². The van der Waals surface area contributed by atoms with Crippen LogP contribution >= 0.6 is 0 Å². The van der Waals surface area contributed by atoms with Crippen molar-refractivity contribution in [2.24, 2.45) is 0 Å². The number of nitrogens with one attached hydrogen (secondary N) is 2. The molecular formula is C27H21N5O. The topological polar surface area (TPSA) is 105 Å². The number of phenolic OH excluding ortho intramolecular Hbond substituents is 1. The molecule has 0 amide bonds. The summed E-state index contributed by atoms with van der Waals surface area (Å²) in [7, 11) is 0. The molecule has 33 heavy (non-hydrogen) atoms. The van der Waals surface area contributed by atoms with Crippen LogP contribution in [-0.4, -0.2) is 10.1 Å². The van der Waals surface area contributed by atoms with Gasteiger partial charge in [-0.3, -0.25) is 0 Å². The van der Waals surface area contributed by atoms with Crippen LogP contribution in [0.3, 0.4) is 0 Å². The van der Waals surface area contributed by atoms with Gasteiger partial charge in [0.15, 0.2) is 0 Å². The lowest BCUT2D eigenvalue weighted by Crippen LogP contribution is -2.11. The summed E-state index contributed by atoms with van der Waals surface area (Å²) < 4.78 is 0. The van der Waals surface area contributed by atoms with E-state index in [1.165, 1.54) is 12.1 Å². The van der Waals surface area contributed by atoms with Crippen LogP contribution in [0, 0.1) is 22.7 Å². The fraction of sp³-hybridized carbons (Fsp3) is 0.0741. The first-order valence-corrected chi connectivity index (χ1v) is 10.4. The van der Waals surface area contributed by atoms with Crippen LogP contribution in [0.15, 0.2) is 84.9 Å². The first-order chi connectivity index (χ1) is 16.2. The Hall–Kier alpha value is -4.81. The number of anilines is 2. The third-order valence-corrected chi connectivity index (χ3v) is 5.18. The van der Waals surface area contributed by atoms with Gasteiger partial charge in [0.05, 0.1) is 0 Å². The average Bonchev–Trinajstić information content (AvgIpc) is 2.87. The van der Waals surface area contributed by atoms with Crippen LogP contribution in [0.2, 0.25) is 0 Å². The first kappa shape index (κ1) is 21.4. The van der Waals surface area contributed by atoms with Crippen LogP contribution in [0.25, 0.3) is 11.1 Å². The molecule has 0 atom stereocenters. The number of nitrogens with zero attached hydrogens (tertiary/aromatic N) is 3. The Labute approximate surface area is 192 Å². The quantitative estimate of drug-likeness (QED) is 0.361. The number of nitriles is 2. The van der Waals surface area contributed by atoms with Crippen LogP contribution in [-0.2, 0) is 13.1 Å². The van der Waals surface area contributed by atoms with E-state index in [1.807, 2.05) is 60.7 Å². The molecule has 0 radical (unpaired) electrons. The van der Waals surface area contributed by atoms with Crippen molar-refractivity contribution in [2.45, 2.75) is 13.1 Å². The molecule has 0 aliphatic heterocycles. The third-order valence-electron chi connectivity index (χ3n) is 5.18. The van der Waals surface area contributed by atoms with Gasteiger partial charge >= 0.3 is 0 Å². The summed E-state index contributed by atoms with van der Waals surface area (Å²) >= 11 is 0. The third kappa shape index (κ3) is 4.92. The summed E-state index contributed by atoms with van der Waals surface area (Å²) in [5, 5.41) is 36.3. The molecule has 0 aliphatic carbocycles. The second-order valence-electron chi connectivity index (χ2n) is 7.38. The molecule has 1 aromatic heterocycles. The molecule has 4 rings (SSSR count). The van der Waals surface area contributed by atoms with Gasteiger partial charge in [-0.2, -0.15) is 10.5 Å². The largest absolute Gasteiger partial charge is 0.508 e. The van der Waals surface area contributed by atoms with E-state index in [9.17, 15) is 15.6 Å². The van der Waals surface area contributed by atoms with Gasteiger partial charge < -0.3 is 15.7 Å². The Bertz CT molecular complexity index is 1240. The van der Waals surface area contributed by atoms with E-state index in [0.717, 1.165) is 11.1 Å². The predicted molar refractivity (Wildman–Crippen MR) is 128 cm³/mol. The molecule has 0 saturated carbocycles. The van der Waals surface area contributed by atoms with E-state index in [1.54, 1.807) is 12.1 Å². The number of aromatic hydroxyl groups is 1. The fourth-order valence-corrected chi connectivity index (χ4v) is 3.54. The van der Waals surface area contributed by atoms with E-state index in [0.29, 0.717) is 35.9 Å². The van der Waals surface area contributed by atoms with Gasteiger partial charge in [0.1, 0.15) is 40.7 Å². The number of hydrogen-bond donors (Lipinski definition) is 3. The molecule has 0 bridgehead atoms. The van der Waals surface area contributed by atoms with E-state index in [2.05, 4.69) is 27.8 Å². The van der Waals surface area contributed by atoms with Crippen molar-refractivity contribution in [2.75, 3.05) is 10.6 Å². The zero-order valence-corrected chi connectivity index (χ0v) is 17.8. The molecule has 6 nitrogen and oxygen atoms in total. The monoisotopic (exact) mass is 431 g/mol. The number of rotatable bonds is 7. The summed E-state index contributed by atoms with van der Waals surface area (Å²) in [6.45, 7) is 0.948.